The minimum Gasteiger partial charge on any atom is -0.495 e. The average molecular weight is 414 g/mol. The molecule has 0 bridgehead atoms. The monoisotopic (exact) mass is 413 g/mol. The van der Waals surface area contributed by atoms with Crippen LogP contribution < -0.4 is 10.1 Å². The zero-order valence-electron chi connectivity index (χ0n) is 15.1. The largest absolute Gasteiger partial charge is 0.495 e. The summed E-state index contributed by atoms with van der Waals surface area (Å²) in [5, 5.41) is 16.8. The Morgan fingerprint density at radius 2 is 2.00 bits per heavy atom. The number of aryl methyl sites for hydroxylation is 1. The van der Waals surface area contributed by atoms with Crippen molar-refractivity contribution < 1.29 is 9.53 Å². The van der Waals surface area contributed by atoms with E-state index in [-0.39, 0.29) is 5.91 Å². The molecule has 2 heterocycles. The molecule has 1 N–H and O–H groups in total. The van der Waals surface area contributed by atoms with Crippen LogP contribution in [0.5, 0.6) is 5.75 Å². The maximum absolute atomic E-state index is 12.3. The summed E-state index contributed by atoms with van der Waals surface area (Å²) in [7, 11) is 1.53. The highest BCUT2D eigenvalue weighted by atomic mass is 35.5. The zero-order valence-corrected chi connectivity index (χ0v) is 16.7. The molecule has 2 aromatic heterocycles. The van der Waals surface area contributed by atoms with Crippen LogP contribution in [0.3, 0.4) is 0 Å². The zero-order chi connectivity index (χ0) is 19.7. The second kappa shape index (κ2) is 7.57. The highest BCUT2D eigenvalue weighted by Gasteiger charge is 2.11. The standard InChI is InChI=1S/C19H16ClN5O2S/c1-11-22-23-19-25(11)24-18(28-19)13-5-3-12(4-6-13)10-21-17(26)14-7-8-16(27-2)15(20)9-14/h3-9H,10H2,1-2H3,(H,21,26). The summed E-state index contributed by atoms with van der Waals surface area (Å²) in [5.41, 5.74) is 2.46. The van der Waals surface area contributed by atoms with Crippen LogP contribution in [0.1, 0.15) is 21.7 Å². The first-order chi connectivity index (χ1) is 13.5. The summed E-state index contributed by atoms with van der Waals surface area (Å²) in [5.74, 6) is 1.10. The maximum atomic E-state index is 12.3. The van der Waals surface area contributed by atoms with Gasteiger partial charge in [-0.05, 0) is 30.7 Å². The van der Waals surface area contributed by atoms with E-state index in [1.54, 1.807) is 22.7 Å². The molecule has 0 aliphatic heterocycles. The molecule has 142 valence electrons. The lowest BCUT2D eigenvalue weighted by molar-refractivity contribution is 0.0951. The van der Waals surface area contributed by atoms with Gasteiger partial charge in [-0.1, -0.05) is 47.2 Å². The Hall–Kier alpha value is -2.97. The molecule has 0 fully saturated rings. The Morgan fingerprint density at radius 1 is 1.21 bits per heavy atom. The van der Waals surface area contributed by atoms with Crippen LogP contribution in [0.2, 0.25) is 5.02 Å². The molecule has 0 aliphatic rings. The van der Waals surface area contributed by atoms with Crippen LogP contribution in [0.25, 0.3) is 15.5 Å². The van der Waals surface area contributed by atoms with Gasteiger partial charge in [0.15, 0.2) is 5.82 Å². The molecule has 1 amide bonds. The Labute approximate surface area is 169 Å². The number of methoxy groups -OCH3 is 1. The van der Waals surface area contributed by atoms with Gasteiger partial charge in [-0.25, -0.2) is 0 Å². The molecule has 9 heteroatoms. The van der Waals surface area contributed by atoms with Crippen molar-refractivity contribution in [2.75, 3.05) is 7.11 Å². The summed E-state index contributed by atoms with van der Waals surface area (Å²) < 4.78 is 6.83. The highest BCUT2D eigenvalue weighted by molar-refractivity contribution is 7.19. The first-order valence-corrected chi connectivity index (χ1v) is 9.64. The summed E-state index contributed by atoms with van der Waals surface area (Å²) in [6.45, 7) is 2.28. The number of aromatic nitrogens is 4. The van der Waals surface area contributed by atoms with Gasteiger partial charge in [0.2, 0.25) is 4.96 Å². The SMILES string of the molecule is COc1ccc(C(=O)NCc2ccc(-c3nn4c(C)nnc4s3)cc2)cc1Cl. The number of hydrogen-bond donors (Lipinski definition) is 1. The van der Waals surface area contributed by atoms with Crippen LogP contribution in [0.4, 0.5) is 0 Å². The minimum absolute atomic E-state index is 0.197. The number of halogens is 1. The second-order valence-electron chi connectivity index (χ2n) is 6.08. The van der Waals surface area contributed by atoms with E-state index >= 15 is 0 Å². The van der Waals surface area contributed by atoms with Crippen molar-refractivity contribution in [3.05, 3.63) is 64.4 Å². The number of fused-ring (bicyclic) bond motifs is 1. The predicted molar refractivity (Wildman–Crippen MR) is 108 cm³/mol. The molecular formula is C19H16ClN5O2S. The smallest absolute Gasteiger partial charge is 0.251 e. The molecule has 0 radical (unpaired) electrons. The Morgan fingerprint density at radius 3 is 2.68 bits per heavy atom. The third-order valence-electron chi connectivity index (χ3n) is 4.21. The van der Waals surface area contributed by atoms with E-state index in [0.717, 1.165) is 26.9 Å². The fourth-order valence-corrected chi connectivity index (χ4v) is 3.84. The number of ether oxygens (including phenoxy) is 1. The lowest BCUT2D eigenvalue weighted by Crippen LogP contribution is -2.22. The van der Waals surface area contributed by atoms with Gasteiger partial charge in [0.25, 0.3) is 5.91 Å². The van der Waals surface area contributed by atoms with E-state index in [4.69, 9.17) is 16.3 Å². The van der Waals surface area contributed by atoms with E-state index in [9.17, 15) is 4.79 Å². The van der Waals surface area contributed by atoms with Gasteiger partial charge < -0.3 is 10.1 Å². The molecule has 0 spiro atoms. The van der Waals surface area contributed by atoms with Crippen molar-refractivity contribution in [3.63, 3.8) is 0 Å². The summed E-state index contributed by atoms with van der Waals surface area (Å²) in [6, 6.07) is 12.8. The van der Waals surface area contributed by atoms with Crippen LogP contribution in [-0.4, -0.2) is 32.8 Å². The lowest BCUT2D eigenvalue weighted by atomic mass is 10.1. The average Bonchev–Trinajstić information content (AvgIpc) is 3.28. The van der Waals surface area contributed by atoms with E-state index in [0.29, 0.717) is 22.9 Å². The molecule has 0 unspecified atom stereocenters. The summed E-state index contributed by atoms with van der Waals surface area (Å²) >= 11 is 7.56. The van der Waals surface area contributed by atoms with Crippen molar-refractivity contribution >= 4 is 33.8 Å². The van der Waals surface area contributed by atoms with Gasteiger partial charge in [-0.3, -0.25) is 4.79 Å². The fourth-order valence-electron chi connectivity index (χ4n) is 2.69. The highest BCUT2D eigenvalue weighted by Crippen LogP contribution is 2.26. The molecule has 4 aromatic rings. The Bertz CT molecular complexity index is 1150. The van der Waals surface area contributed by atoms with Gasteiger partial charge in [-0.2, -0.15) is 9.61 Å². The van der Waals surface area contributed by atoms with Crippen molar-refractivity contribution in [1.29, 1.82) is 0 Å². The molecule has 0 saturated carbocycles. The van der Waals surface area contributed by atoms with E-state index in [1.165, 1.54) is 18.4 Å². The number of carbonyl (C=O) groups excluding carboxylic acids is 1. The van der Waals surface area contributed by atoms with Gasteiger partial charge in [0.05, 0.1) is 12.1 Å². The third-order valence-corrected chi connectivity index (χ3v) is 5.46. The first kappa shape index (κ1) is 18.4. The number of amides is 1. The molecule has 4 rings (SSSR count). The number of benzene rings is 2. The summed E-state index contributed by atoms with van der Waals surface area (Å²) in [6.07, 6.45) is 0. The van der Waals surface area contributed by atoms with Crippen LogP contribution in [0, 0.1) is 6.92 Å². The van der Waals surface area contributed by atoms with Gasteiger partial charge in [-0.15, -0.1) is 10.2 Å². The predicted octanol–water partition coefficient (Wildman–Crippen LogP) is 3.75. The molecule has 0 saturated heterocycles. The summed E-state index contributed by atoms with van der Waals surface area (Å²) in [4.78, 5) is 13.1. The van der Waals surface area contributed by atoms with Crippen LogP contribution in [-0.2, 0) is 6.54 Å². The van der Waals surface area contributed by atoms with Crippen molar-refractivity contribution in [2.45, 2.75) is 13.5 Å². The number of carbonyl (C=O) groups is 1. The molecule has 0 aliphatic carbocycles. The Kier molecular flexibility index (Phi) is 4.97. The third kappa shape index (κ3) is 3.56. The topological polar surface area (TPSA) is 81.4 Å². The molecule has 7 nitrogen and oxygen atoms in total. The van der Waals surface area contributed by atoms with Gasteiger partial charge >= 0.3 is 0 Å². The number of nitrogens with one attached hydrogen (secondary N) is 1. The van der Waals surface area contributed by atoms with E-state index in [2.05, 4.69) is 20.6 Å². The lowest BCUT2D eigenvalue weighted by Gasteiger charge is -2.08. The van der Waals surface area contributed by atoms with Gasteiger partial charge in [0, 0.05) is 17.7 Å². The normalized spacial score (nSPS) is 11.0. The second-order valence-corrected chi connectivity index (χ2v) is 7.44. The van der Waals surface area contributed by atoms with Crippen molar-refractivity contribution in [3.8, 4) is 16.3 Å². The minimum atomic E-state index is -0.197. The van der Waals surface area contributed by atoms with Crippen molar-refractivity contribution in [1.82, 2.24) is 25.1 Å². The molecule has 0 atom stereocenters. The number of nitrogens with zero attached hydrogens (tertiary/aromatic N) is 4. The number of rotatable bonds is 5. The maximum Gasteiger partial charge on any atom is 0.251 e. The molecule has 2 aromatic carbocycles. The first-order valence-electron chi connectivity index (χ1n) is 8.45. The van der Waals surface area contributed by atoms with Crippen LogP contribution >= 0.6 is 22.9 Å². The molecular weight excluding hydrogens is 398 g/mol. The number of hydrogen-bond acceptors (Lipinski definition) is 6. The fraction of sp³-hybridized carbons (Fsp3) is 0.158. The van der Waals surface area contributed by atoms with E-state index < -0.39 is 0 Å². The van der Waals surface area contributed by atoms with Gasteiger partial charge in [0.1, 0.15) is 10.8 Å². The van der Waals surface area contributed by atoms with E-state index in [1.807, 2.05) is 31.2 Å². The molecule has 28 heavy (non-hydrogen) atoms. The Balaban J connectivity index is 1.43. The van der Waals surface area contributed by atoms with Crippen LogP contribution in [0.15, 0.2) is 42.5 Å². The van der Waals surface area contributed by atoms with Crippen molar-refractivity contribution in [2.24, 2.45) is 0 Å². The quantitative estimate of drug-likeness (QED) is 0.538.